The van der Waals surface area contributed by atoms with Crippen LogP contribution < -0.4 is 14.9 Å². The predicted octanol–water partition coefficient (Wildman–Crippen LogP) is 2.23. The van der Waals surface area contributed by atoms with E-state index in [0.717, 1.165) is 27.5 Å². The largest absolute Gasteiger partial charge is 0.363 e. The van der Waals surface area contributed by atoms with Crippen LogP contribution in [0.4, 0.5) is 9.80 Å². The summed E-state index contributed by atoms with van der Waals surface area (Å²) < 4.78 is 8.00. The molecule has 1 aromatic rings. The van der Waals surface area contributed by atoms with Crippen molar-refractivity contribution in [2.75, 3.05) is 31.3 Å². The third-order valence-corrected chi connectivity index (χ3v) is 5.02. The summed E-state index contributed by atoms with van der Waals surface area (Å²) >= 11 is 6.37. The number of aromatic nitrogens is 1. The molecule has 0 saturated carbocycles. The van der Waals surface area contributed by atoms with Gasteiger partial charge in [0.1, 0.15) is 5.00 Å². The van der Waals surface area contributed by atoms with Gasteiger partial charge < -0.3 is 10.2 Å². The lowest BCUT2D eigenvalue weighted by atomic mass is 10.4. The molecular weight excluding hydrogens is 324 g/mol. The van der Waals surface area contributed by atoms with Crippen molar-refractivity contribution in [1.82, 2.24) is 14.4 Å². The summed E-state index contributed by atoms with van der Waals surface area (Å²) in [6.07, 6.45) is 0. The van der Waals surface area contributed by atoms with E-state index in [4.69, 9.17) is 0 Å². The Balaban J connectivity index is 2.33. The average molecular weight is 339 g/mol. The summed E-state index contributed by atoms with van der Waals surface area (Å²) in [5, 5.41) is 3.61. The van der Waals surface area contributed by atoms with E-state index in [1.807, 2.05) is 14.0 Å². The fraction of sp³-hybridized carbons (Fsp3) is 0.556. The van der Waals surface area contributed by atoms with E-state index < -0.39 is 0 Å². The third kappa shape index (κ3) is 4.36. The summed E-state index contributed by atoms with van der Waals surface area (Å²) in [6, 6.07) is -0.174. The number of hydrogen-bond donors (Lipinski definition) is 2. The van der Waals surface area contributed by atoms with Gasteiger partial charge in [0.2, 0.25) is 0 Å². The molecule has 5 nitrogen and oxygen atoms in total. The van der Waals surface area contributed by atoms with Crippen LogP contribution in [0.1, 0.15) is 5.69 Å². The summed E-state index contributed by atoms with van der Waals surface area (Å²) in [6.45, 7) is 2.81. The van der Waals surface area contributed by atoms with Gasteiger partial charge in [0.05, 0.1) is 10.2 Å². The van der Waals surface area contributed by atoms with E-state index in [1.54, 1.807) is 7.05 Å². The number of urea groups is 1. The smallest absolute Gasteiger partial charge is 0.324 e. The molecule has 0 unspecified atom stereocenters. The van der Waals surface area contributed by atoms with Gasteiger partial charge in [-0.3, -0.25) is 4.72 Å². The van der Waals surface area contributed by atoms with Gasteiger partial charge in [-0.25, -0.2) is 4.79 Å². The molecule has 0 aliphatic carbocycles. The number of nitrogens with zero attached hydrogens (tertiary/aromatic N) is 2. The molecule has 2 amide bonds. The SMILES string of the molecule is CNC(=O)NSCCN(C)c1snc(C)c1Br. The lowest BCUT2D eigenvalue weighted by molar-refractivity contribution is 0.248. The van der Waals surface area contributed by atoms with E-state index >= 15 is 0 Å². The predicted molar refractivity (Wildman–Crippen MR) is 77.9 cm³/mol. The Morgan fingerprint density at radius 3 is 2.88 bits per heavy atom. The minimum Gasteiger partial charge on any atom is -0.363 e. The van der Waals surface area contributed by atoms with Crippen molar-refractivity contribution in [3.63, 3.8) is 0 Å². The molecule has 96 valence electrons. The first-order valence-electron chi connectivity index (χ1n) is 4.98. The lowest BCUT2D eigenvalue weighted by Crippen LogP contribution is -2.29. The van der Waals surface area contributed by atoms with Gasteiger partial charge >= 0.3 is 6.03 Å². The Morgan fingerprint density at radius 2 is 2.35 bits per heavy atom. The number of halogens is 1. The van der Waals surface area contributed by atoms with Crippen LogP contribution in [0.15, 0.2) is 4.47 Å². The maximum atomic E-state index is 10.9. The van der Waals surface area contributed by atoms with Crippen LogP contribution in [0.5, 0.6) is 0 Å². The Kier molecular flexibility index (Phi) is 6.07. The van der Waals surface area contributed by atoms with Gasteiger partial charge in [-0.1, -0.05) is 0 Å². The fourth-order valence-corrected chi connectivity index (χ4v) is 3.24. The minimum atomic E-state index is -0.174. The molecule has 0 atom stereocenters. The Morgan fingerprint density at radius 1 is 1.65 bits per heavy atom. The van der Waals surface area contributed by atoms with E-state index in [-0.39, 0.29) is 6.03 Å². The molecule has 17 heavy (non-hydrogen) atoms. The second-order valence-electron chi connectivity index (χ2n) is 3.34. The molecule has 0 spiro atoms. The molecule has 2 N–H and O–H groups in total. The van der Waals surface area contributed by atoms with E-state index in [1.165, 1.54) is 23.5 Å². The highest BCUT2D eigenvalue weighted by molar-refractivity contribution is 9.10. The molecule has 0 bridgehead atoms. The molecule has 0 radical (unpaired) electrons. The van der Waals surface area contributed by atoms with Gasteiger partial charge in [0.25, 0.3) is 0 Å². The molecule has 8 heteroatoms. The minimum absolute atomic E-state index is 0.174. The van der Waals surface area contributed by atoms with E-state index in [9.17, 15) is 4.79 Å². The highest BCUT2D eigenvalue weighted by Crippen LogP contribution is 2.32. The zero-order valence-corrected chi connectivity index (χ0v) is 13.1. The number of hydrogen-bond acceptors (Lipinski definition) is 5. The first-order valence-corrected chi connectivity index (χ1v) is 7.54. The van der Waals surface area contributed by atoms with Gasteiger partial charge in [-0.05, 0) is 46.3 Å². The maximum Gasteiger partial charge on any atom is 0.324 e. The standard InChI is InChI=1S/C9H15BrN4OS2/c1-6-7(10)8(17-12-6)14(3)4-5-16-13-9(15)11-2/h4-5H2,1-3H3,(H2,11,13,15). The van der Waals surface area contributed by atoms with Crippen molar-refractivity contribution in [3.8, 4) is 0 Å². The first-order chi connectivity index (χ1) is 8.06. The molecular formula is C9H15BrN4OS2. The number of carbonyl (C=O) groups excluding carboxylic acids is 1. The van der Waals surface area contributed by atoms with Crippen molar-refractivity contribution in [1.29, 1.82) is 0 Å². The highest BCUT2D eigenvalue weighted by Gasteiger charge is 2.11. The van der Waals surface area contributed by atoms with Crippen molar-refractivity contribution in [2.45, 2.75) is 6.92 Å². The Labute approximate surface area is 118 Å². The quantitative estimate of drug-likeness (QED) is 0.638. The molecule has 1 aromatic heterocycles. The first kappa shape index (κ1) is 14.6. The van der Waals surface area contributed by atoms with Crippen molar-refractivity contribution in [2.24, 2.45) is 0 Å². The number of aryl methyl sites for hydroxylation is 1. The molecule has 0 aliphatic heterocycles. The second kappa shape index (κ2) is 7.07. The molecule has 0 aromatic carbocycles. The fourth-order valence-electron chi connectivity index (χ4n) is 1.04. The van der Waals surface area contributed by atoms with Gasteiger partial charge in [0.15, 0.2) is 0 Å². The summed E-state index contributed by atoms with van der Waals surface area (Å²) in [5.41, 5.74) is 1.01. The second-order valence-corrected chi connectivity index (χ2v) is 5.78. The molecule has 1 heterocycles. The van der Waals surface area contributed by atoms with Crippen LogP contribution in [-0.2, 0) is 0 Å². The van der Waals surface area contributed by atoms with Crippen LogP contribution >= 0.6 is 39.4 Å². The number of carbonyl (C=O) groups is 1. The zero-order valence-electron chi connectivity index (χ0n) is 9.91. The summed E-state index contributed by atoms with van der Waals surface area (Å²) in [4.78, 5) is 13.0. The number of rotatable bonds is 5. The lowest BCUT2D eigenvalue weighted by Gasteiger charge is -2.16. The van der Waals surface area contributed by atoms with Crippen molar-refractivity contribution < 1.29 is 4.79 Å². The highest BCUT2D eigenvalue weighted by atomic mass is 79.9. The third-order valence-electron chi connectivity index (χ3n) is 2.04. The van der Waals surface area contributed by atoms with Crippen LogP contribution in [0.3, 0.4) is 0 Å². The normalized spacial score (nSPS) is 10.1. The zero-order chi connectivity index (χ0) is 12.8. The Bertz CT molecular complexity index is 385. The average Bonchev–Trinajstić information content (AvgIpc) is 2.65. The van der Waals surface area contributed by atoms with Crippen LogP contribution in [0, 0.1) is 6.92 Å². The van der Waals surface area contributed by atoms with Gasteiger partial charge in [-0.2, -0.15) is 4.37 Å². The topological polar surface area (TPSA) is 57.3 Å². The monoisotopic (exact) mass is 338 g/mol. The number of nitrogens with one attached hydrogen (secondary N) is 2. The van der Waals surface area contributed by atoms with Crippen molar-refractivity contribution >= 4 is 50.4 Å². The molecule has 0 saturated heterocycles. The molecule has 0 fully saturated rings. The number of amides is 2. The maximum absolute atomic E-state index is 10.9. The summed E-state index contributed by atoms with van der Waals surface area (Å²) in [7, 11) is 3.61. The van der Waals surface area contributed by atoms with Crippen LogP contribution in [0.25, 0.3) is 0 Å². The summed E-state index contributed by atoms with van der Waals surface area (Å²) in [5.74, 6) is 0.813. The van der Waals surface area contributed by atoms with Gasteiger partial charge in [-0.15, -0.1) is 0 Å². The van der Waals surface area contributed by atoms with E-state index in [0.29, 0.717) is 0 Å². The number of anilines is 1. The van der Waals surface area contributed by atoms with E-state index in [2.05, 4.69) is 35.2 Å². The van der Waals surface area contributed by atoms with Gasteiger partial charge in [0, 0.05) is 26.4 Å². The molecule has 0 aliphatic rings. The van der Waals surface area contributed by atoms with Crippen molar-refractivity contribution in [3.05, 3.63) is 10.2 Å². The van der Waals surface area contributed by atoms with Crippen LogP contribution in [-0.4, -0.2) is 36.8 Å². The Hall–Kier alpha value is -0.470. The van der Waals surface area contributed by atoms with Crippen LogP contribution in [0.2, 0.25) is 0 Å². The molecule has 1 rings (SSSR count).